The lowest BCUT2D eigenvalue weighted by Gasteiger charge is -2.61. The number of Topliss-reactive ketones (excluding diaryl/α,β-unsaturated/α-hetero) is 1. The summed E-state index contributed by atoms with van der Waals surface area (Å²) >= 11 is 0. The lowest BCUT2D eigenvalue weighted by atomic mass is 9.44. The van der Waals surface area contributed by atoms with Crippen LogP contribution in [-0.2, 0) is 4.79 Å². The second kappa shape index (κ2) is 4.80. The molecule has 0 aromatic carbocycles. The van der Waals surface area contributed by atoms with E-state index in [4.69, 9.17) is 0 Å². The zero-order valence-corrected chi connectivity index (χ0v) is 13.9. The molecule has 4 fully saturated rings. The third-order valence-corrected chi connectivity index (χ3v) is 8.15. The van der Waals surface area contributed by atoms with Crippen LogP contribution in [-0.4, -0.2) is 28.2 Å². The maximum atomic E-state index is 11.9. The lowest BCUT2D eigenvalue weighted by molar-refractivity contribution is -0.167. The van der Waals surface area contributed by atoms with Crippen molar-refractivity contribution in [3.05, 3.63) is 0 Å². The summed E-state index contributed by atoms with van der Waals surface area (Å²) in [4.78, 5) is 11.9. The number of aliphatic hydroxyl groups excluding tert-OH is 2. The molecule has 3 heteroatoms. The number of hydrogen-bond acceptors (Lipinski definition) is 3. The van der Waals surface area contributed by atoms with Gasteiger partial charge in [-0.3, -0.25) is 4.79 Å². The Morgan fingerprint density at radius 1 is 1.14 bits per heavy atom. The van der Waals surface area contributed by atoms with Crippen molar-refractivity contribution in [1.82, 2.24) is 0 Å². The molecule has 0 spiro atoms. The first kappa shape index (κ1) is 15.1. The van der Waals surface area contributed by atoms with Crippen LogP contribution in [0.5, 0.6) is 0 Å². The maximum absolute atomic E-state index is 11.9. The fourth-order valence-corrected chi connectivity index (χ4v) is 7.21. The smallest absolute Gasteiger partial charge is 0.133 e. The summed E-state index contributed by atoms with van der Waals surface area (Å²) < 4.78 is 0. The quantitative estimate of drug-likeness (QED) is 0.723. The normalized spacial score (nSPS) is 57.9. The van der Waals surface area contributed by atoms with Gasteiger partial charge < -0.3 is 10.2 Å². The van der Waals surface area contributed by atoms with Crippen molar-refractivity contribution in [2.75, 3.05) is 0 Å². The number of fused-ring (bicyclic) bond motifs is 5. The Kier molecular flexibility index (Phi) is 3.30. The van der Waals surface area contributed by atoms with Crippen LogP contribution in [0.3, 0.4) is 0 Å². The molecule has 0 aromatic heterocycles. The van der Waals surface area contributed by atoms with E-state index in [1.165, 1.54) is 0 Å². The Bertz CT molecular complexity index is 489. The van der Waals surface area contributed by atoms with E-state index in [0.29, 0.717) is 35.9 Å². The van der Waals surface area contributed by atoms with Crippen LogP contribution in [0, 0.1) is 34.5 Å². The van der Waals surface area contributed by atoms with Gasteiger partial charge in [0.2, 0.25) is 0 Å². The first-order valence-corrected chi connectivity index (χ1v) is 9.21. The zero-order valence-electron chi connectivity index (χ0n) is 13.9. The SMILES string of the molecule is CC12CC(O)CC1C1CCC3CC(=O)CCC3(C)C1C(O)C2. The molecule has 0 heterocycles. The molecule has 4 aliphatic carbocycles. The van der Waals surface area contributed by atoms with Crippen LogP contribution < -0.4 is 0 Å². The summed E-state index contributed by atoms with van der Waals surface area (Å²) in [6.07, 6.45) is 6.86. The molecule has 124 valence electrons. The molecular formula is C19H30O3. The molecule has 0 amide bonds. The topological polar surface area (TPSA) is 57.5 Å². The predicted molar refractivity (Wildman–Crippen MR) is 84.1 cm³/mol. The van der Waals surface area contributed by atoms with E-state index < -0.39 is 0 Å². The van der Waals surface area contributed by atoms with E-state index in [1.807, 2.05) is 0 Å². The van der Waals surface area contributed by atoms with Gasteiger partial charge in [0.1, 0.15) is 5.78 Å². The summed E-state index contributed by atoms with van der Waals surface area (Å²) in [6, 6.07) is 0. The molecule has 0 saturated heterocycles. The summed E-state index contributed by atoms with van der Waals surface area (Å²) in [5.74, 6) is 2.34. The molecular weight excluding hydrogens is 276 g/mol. The number of carbonyl (C=O) groups excluding carboxylic acids is 1. The minimum atomic E-state index is -0.252. The van der Waals surface area contributed by atoms with Gasteiger partial charge in [-0.2, -0.15) is 0 Å². The highest BCUT2D eigenvalue weighted by atomic mass is 16.3. The van der Waals surface area contributed by atoms with Gasteiger partial charge in [-0.05, 0) is 73.0 Å². The maximum Gasteiger partial charge on any atom is 0.133 e. The molecule has 3 nitrogen and oxygen atoms in total. The van der Waals surface area contributed by atoms with Crippen molar-refractivity contribution in [3.8, 4) is 0 Å². The summed E-state index contributed by atoms with van der Waals surface area (Å²) in [6.45, 7) is 4.63. The fraction of sp³-hybridized carbons (Fsp3) is 0.947. The van der Waals surface area contributed by atoms with Crippen LogP contribution in [0.25, 0.3) is 0 Å². The molecule has 8 unspecified atom stereocenters. The van der Waals surface area contributed by atoms with E-state index in [-0.39, 0.29) is 23.0 Å². The zero-order chi connectivity index (χ0) is 15.7. The molecule has 4 rings (SSSR count). The van der Waals surface area contributed by atoms with Gasteiger partial charge in [-0.25, -0.2) is 0 Å². The average molecular weight is 306 g/mol. The van der Waals surface area contributed by atoms with Crippen molar-refractivity contribution in [2.45, 2.75) is 77.4 Å². The molecule has 2 N–H and O–H groups in total. The Morgan fingerprint density at radius 2 is 1.91 bits per heavy atom. The Labute approximate surface area is 133 Å². The van der Waals surface area contributed by atoms with E-state index in [9.17, 15) is 15.0 Å². The van der Waals surface area contributed by atoms with Crippen molar-refractivity contribution < 1.29 is 15.0 Å². The summed E-state index contributed by atoms with van der Waals surface area (Å²) in [7, 11) is 0. The first-order chi connectivity index (χ1) is 10.3. The van der Waals surface area contributed by atoms with Crippen LogP contribution in [0.2, 0.25) is 0 Å². The molecule has 0 radical (unpaired) electrons. The number of carbonyl (C=O) groups is 1. The Balaban J connectivity index is 1.68. The average Bonchev–Trinajstić information content (AvgIpc) is 2.73. The van der Waals surface area contributed by atoms with Gasteiger partial charge in [0.05, 0.1) is 12.2 Å². The van der Waals surface area contributed by atoms with Gasteiger partial charge >= 0.3 is 0 Å². The molecule has 0 aromatic rings. The van der Waals surface area contributed by atoms with Crippen LogP contribution in [0.4, 0.5) is 0 Å². The number of hydrogen-bond donors (Lipinski definition) is 2. The molecule has 0 aliphatic heterocycles. The second-order valence-corrected chi connectivity index (χ2v) is 9.34. The minimum absolute atomic E-state index is 0.119. The number of ketones is 1. The highest BCUT2D eigenvalue weighted by Crippen LogP contribution is 2.65. The molecule has 8 atom stereocenters. The standard InChI is InChI=1S/C19H30O3/c1-18-9-13(21)8-15(18)14-4-3-11-7-12(20)5-6-19(11,2)17(14)16(22)10-18/h11,13-17,21-22H,3-10H2,1-2H3. The summed E-state index contributed by atoms with van der Waals surface area (Å²) in [5, 5.41) is 21.2. The molecule has 0 bridgehead atoms. The molecule has 4 aliphatic rings. The highest BCUT2D eigenvalue weighted by molar-refractivity contribution is 5.79. The van der Waals surface area contributed by atoms with Crippen LogP contribution >= 0.6 is 0 Å². The second-order valence-electron chi connectivity index (χ2n) is 9.34. The van der Waals surface area contributed by atoms with E-state index in [1.54, 1.807) is 0 Å². The predicted octanol–water partition coefficient (Wildman–Crippen LogP) is 2.93. The highest BCUT2D eigenvalue weighted by Gasteiger charge is 2.61. The first-order valence-electron chi connectivity index (χ1n) is 9.21. The fourth-order valence-electron chi connectivity index (χ4n) is 7.21. The van der Waals surface area contributed by atoms with Crippen molar-refractivity contribution in [2.24, 2.45) is 34.5 Å². The van der Waals surface area contributed by atoms with Gasteiger partial charge in [0.15, 0.2) is 0 Å². The van der Waals surface area contributed by atoms with Gasteiger partial charge in [0, 0.05) is 12.8 Å². The monoisotopic (exact) mass is 306 g/mol. The van der Waals surface area contributed by atoms with Crippen molar-refractivity contribution in [3.63, 3.8) is 0 Å². The van der Waals surface area contributed by atoms with Crippen molar-refractivity contribution in [1.29, 1.82) is 0 Å². The number of aliphatic hydroxyl groups is 2. The van der Waals surface area contributed by atoms with Gasteiger partial charge in [-0.15, -0.1) is 0 Å². The Morgan fingerprint density at radius 3 is 2.68 bits per heavy atom. The third-order valence-electron chi connectivity index (χ3n) is 8.15. The van der Waals surface area contributed by atoms with Crippen LogP contribution in [0.15, 0.2) is 0 Å². The van der Waals surface area contributed by atoms with E-state index in [2.05, 4.69) is 13.8 Å². The van der Waals surface area contributed by atoms with Crippen LogP contribution in [0.1, 0.15) is 65.2 Å². The van der Waals surface area contributed by atoms with Crippen molar-refractivity contribution >= 4 is 5.78 Å². The third kappa shape index (κ3) is 1.97. The molecule has 22 heavy (non-hydrogen) atoms. The van der Waals surface area contributed by atoms with Gasteiger partial charge in [-0.1, -0.05) is 13.8 Å². The number of rotatable bonds is 0. The lowest BCUT2D eigenvalue weighted by Crippen LogP contribution is -2.58. The Hall–Kier alpha value is -0.410. The summed E-state index contributed by atoms with van der Waals surface area (Å²) in [5.41, 5.74) is 0.249. The molecule has 4 saturated carbocycles. The van der Waals surface area contributed by atoms with E-state index >= 15 is 0 Å². The van der Waals surface area contributed by atoms with E-state index in [0.717, 1.165) is 44.9 Å². The van der Waals surface area contributed by atoms with Gasteiger partial charge in [0.25, 0.3) is 0 Å². The largest absolute Gasteiger partial charge is 0.393 e. The minimum Gasteiger partial charge on any atom is -0.393 e.